The molecule has 3 atom stereocenters. The van der Waals surface area contributed by atoms with Gasteiger partial charge in [0.15, 0.2) is 16.3 Å². The number of imidazole rings is 1. The Kier molecular flexibility index (Phi) is 6.45. The molecule has 1 aliphatic carbocycles. The van der Waals surface area contributed by atoms with Gasteiger partial charge in [-0.3, -0.25) is 4.79 Å². The number of hydrogen-bond donors (Lipinski definition) is 1. The molecule has 2 aromatic rings. The summed E-state index contributed by atoms with van der Waals surface area (Å²) in [6, 6.07) is 0.0298. The number of allylic oxidation sites excluding steroid dienone is 1. The predicted octanol–water partition coefficient (Wildman–Crippen LogP) is 2.61. The summed E-state index contributed by atoms with van der Waals surface area (Å²) in [6.45, 7) is 5.39. The van der Waals surface area contributed by atoms with E-state index in [1.807, 2.05) is 25.3 Å². The molecule has 0 saturated carbocycles. The standard InChI is InChI=1S/C19H26N5O4S/c1-19(2,3)17(26)29-13(8-25)28-9-11-5-6-12(7-11)24-10-21-14-15(24)22-18(20)23-16(14)27-4/h5-6,10-13H,7-9H2,1-4H3,(H2,20,22,23)/t11-,12+,13?/m1/s1. The number of rotatable bonds is 7. The van der Waals surface area contributed by atoms with Crippen LogP contribution in [0.25, 0.3) is 11.2 Å². The van der Waals surface area contributed by atoms with Gasteiger partial charge < -0.3 is 19.8 Å². The number of nitrogens with zero attached hydrogens (tertiary/aromatic N) is 4. The summed E-state index contributed by atoms with van der Waals surface area (Å²) in [7, 11) is 1.51. The summed E-state index contributed by atoms with van der Waals surface area (Å²) < 4.78 is 12.9. The van der Waals surface area contributed by atoms with E-state index in [0.717, 1.165) is 18.2 Å². The Balaban J connectivity index is 1.62. The third kappa shape index (κ3) is 4.88. The largest absolute Gasteiger partial charge is 0.479 e. The summed E-state index contributed by atoms with van der Waals surface area (Å²) in [5.74, 6) is 0.585. The molecule has 0 aromatic carbocycles. The maximum absolute atomic E-state index is 12.1. The number of fused-ring (bicyclic) bond motifs is 1. The number of carbonyl (C=O) groups is 1. The van der Waals surface area contributed by atoms with Gasteiger partial charge in [-0.2, -0.15) is 9.97 Å². The van der Waals surface area contributed by atoms with Crippen molar-refractivity contribution in [3.05, 3.63) is 18.5 Å². The van der Waals surface area contributed by atoms with Gasteiger partial charge in [0.2, 0.25) is 11.8 Å². The van der Waals surface area contributed by atoms with Gasteiger partial charge >= 0.3 is 0 Å². The van der Waals surface area contributed by atoms with Crippen molar-refractivity contribution in [1.29, 1.82) is 0 Å². The molecule has 0 fully saturated rings. The number of anilines is 1. The Bertz CT molecular complexity index is 908. The summed E-state index contributed by atoms with van der Waals surface area (Å²) >= 11 is 0.983. The van der Waals surface area contributed by atoms with Gasteiger partial charge in [0.1, 0.15) is 12.0 Å². The third-order valence-corrected chi connectivity index (χ3v) is 5.95. The van der Waals surface area contributed by atoms with Gasteiger partial charge in [-0.15, -0.1) is 0 Å². The Hall–Kier alpha value is -2.17. The Morgan fingerprint density at radius 3 is 2.79 bits per heavy atom. The quantitative estimate of drug-likeness (QED) is 0.535. The molecule has 0 saturated heterocycles. The highest BCUT2D eigenvalue weighted by atomic mass is 32.2. The zero-order chi connectivity index (χ0) is 21.2. The van der Waals surface area contributed by atoms with Gasteiger partial charge in [-0.1, -0.05) is 44.7 Å². The highest BCUT2D eigenvalue weighted by Gasteiger charge is 2.28. The normalized spacial score (nSPS) is 20.3. The number of nitrogens with two attached hydrogens (primary N) is 1. The van der Waals surface area contributed by atoms with Crippen LogP contribution in [0.5, 0.6) is 5.88 Å². The van der Waals surface area contributed by atoms with E-state index >= 15 is 0 Å². The fraction of sp³-hybridized carbons (Fsp3) is 0.579. The van der Waals surface area contributed by atoms with E-state index in [2.05, 4.69) is 27.1 Å². The molecule has 157 valence electrons. The third-order valence-electron chi connectivity index (χ3n) is 4.59. The summed E-state index contributed by atoms with van der Waals surface area (Å²) in [4.78, 5) is 24.8. The topological polar surface area (TPSA) is 125 Å². The van der Waals surface area contributed by atoms with Crippen LogP contribution in [0.3, 0.4) is 0 Å². The fourth-order valence-corrected chi connectivity index (χ4v) is 3.82. The summed E-state index contributed by atoms with van der Waals surface area (Å²) in [5.41, 5.74) is 5.75. The minimum atomic E-state index is -0.681. The lowest BCUT2D eigenvalue weighted by molar-refractivity contribution is -0.117. The van der Waals surface area contributed by atoms with Crippen LogP contribution in [0.15, 0.2) is 18.5 Å². The number of aromatic nitrogens is 4. The summed E-state index contributed by atoms with van der Waals surface area (Å²) in [5, 5.41) is 11.4. The van der Waals surface area contributed by atoms with Gasteiger partial charge in [0.05, 0.1) is 26.1 Å². The maximum atomic E-state index is 12.1. The van der Waals surface area contributed by atoms with Crippen LogP contribution in [0.2, 0.25) is 0 Å². The molecule has 1 aliphatic rings. The lowest BCUT2D eigenvalue weighted by atomic mass is 10.00. The minimum absolute atomic E-state index is 0.0298. The van der Waals surface area contributed by atoms with Crippen LogP contribution in [0.4, 0.5) is 5.95 Å². The molecule has 2 N–H and O–H groups in total. The SMILES string of the molecule is COc1nc(N)nc2c1ncn2[C@H]1C=C[C@@H](COC(C[O])SC(=O)C(C)(C)C)C1. The highest BCUT2D eigenvalue weighted by molar-refractivity contribution is 8.14. The average molecular weight is 421 g/mol. The first kappa shape index (κ1) is 21.5. The predicted molar refractivity (Wildman–Crippen MR) is 110 cm³/mol. The molecule has 29 heavy (non-hydrogen) atoms. The van der Waals surface area contributed by atoms with Crippen molar-refractivity contribution in [1.82, 2.24) is 19.5 Å². The summed E-state index contributed by atoms with van der Waals surface area (Å²) in [6.07, 6.45) is 6.56. The van der Waals surface area contributed by atoms with Gasteiger partial charge in [-0.05, 0) is 6.42 Å². The van der Waals surface area contributed by atoms with Crippen molar-refractivity contribution in [3.8, 4) is 5.88 Å². The monoisotopic (exact) mass is 420 g/mol. The molecule has 0 spiro atoms. The van der Waals surface area contributed by atoms with Crippen LogP contribution in [-0.4, -0.2) is 50.4 Å². The second kappa shape index (κ2) is 8.68. The molecule has 0 aliphatic heterocycles. The van der Waals surface area contributed by atoms with Gasteiger partial charge in [-0.25, -0.2) is 10.1 Å². The van der Waals surface area contributed by atoms with E-state index in [0.29, 0.717) is 23.7 Å². The number of hydrogen-bond acceptors (Lipinski definition) is 8. The van der Waals surface area contributed by atoms with Crippen LogP contribution < -0.4 is 10.5 Å². The van der Waals surface area contributed by atoms with Crippen molar-refractivity contribution >= 4 is 34.0 Å². The van der Waals surface area contributed by atoms with Crippen molar-refractivity contribution in [2.75, 3.05) is 26.1 Å². The first-order chi connectivity index (χ1) is 13.7. The van der Waals surface area contributed by atoms with E-state index in [9.17, 15) is 9.90 Å². The Labute approximate surface area is 173 Å². The highest BCUT2D eigenvalue weighted by Crippen LogP contribution is 2.33. The van der Waals surface area contributed by atoms with E-state index in [1.54, 1.807) is 6.33 Å². The molecule has 2 aromatic heterocycles. The molecule has 0 amide bonds. The van der Waals surface area contributed by atoms with Crippen LogP contribution in [-0.2, 0) is 14.6 Å². The number of ether oxygens (including phenoxy) is 2. The van der Waals surface area contributed by atoms with Crippen molar-refractivity contribution in [3.63, 3.8) is 0 Å². The molecule has 3 rings (SSSR count). The second-order valence-corrected chi connectivity index (χ2v) is 9.08. The lowest BCUT2D eigenvalue weighted by Crippen LogP contribution is -2.24. The smallest absolute Gasteiger partial charge is 0.246 e. The van der Waals surface area contributed by atoms with Crippen molar-refractivity contribution in [2.24, 2.45) is 11.3 Å². The van der Waals surface area contributed by atoms with Crippen LogP contribution in [0, 0.1) is 11.3 Å². The van der Waals surface area contributed by atoms with Crippen molar-refractivity contribution < 1.29 is 19.4 Å². The first-order valence-electron chi connectivity index (χ1n) is 9.36. The fourth-order valence-electron chi connectivity index (χ4n) is 3.02. The lowest BCUT2D eigenvalue weighted by Gasteiger charge is -2.21. The van der Waals surface area contributed by atoms with E-state index in [1.165, 1.54) is 7.11 Å². The van der Waals surface area contributed by atoms with Gasteiger partial charge in [0.25, 0.3) is 0 Å². The van der Waals surface area contributed by atoms with Crippen molar-refractivity contribution in [2.45, 2.75) is 38.7 Å². The molecule has 9 nitrogen and oxygen atoms in total. The minimum Gasteiger partial charge on any atom is -0.479 e. The second-order valence-electron chi connectivity index (χ2n) is 7.95. The first-order valence-corrected chi connectivity index (χ1v) is 10.2. The van der Waals surface area contributed by atoms with Crippen LogP contribution >= 0.6 is 11.8 Å². The maximum Gasteiger partial charge on any atom is 0.246 e. The number of methoxy groups -OCH3 is 1. The zero-order valence-electron chi connectivity index (χ0n) is 17.0. The Morgan fingerprint density at radius 1 is 1.38 bits per heavy atom. The molecule has 1 unspecified atom stereocenters. The number of thioether (sulfide) groups is 1. The molecule has 10 heteroatoms. The molecule has 2 heterocycles. The van der Waals surface area contributed by atoms with Gasteiger partial charge in [0, 0.05) is 11.3 Å². The average Bonchev–Trinajstić information content (AvgIpc) is 3.29. The molecular weight excluding hydrogens is 394 g/mol. The molecular formula is C19H26N5O4S. The van der Waals surface area contributed by atoms with E-state index in [4.69, 9.17) is 15.2 Å². The molecule has 1 radical (unpaired) electrons. The number of carbonyl (C=O) groups excluding carboxylic acids is 1. The van der Waals surface area contributed by atoms with Crippen LogP contribution in [0.1, 0.15) is 33.2 Å². The van der Waals surface area contributed by atoms with E-state index < -0.39 is 17.5 Å². The van der Waals surface area contributed by atoms with E-state index in [-0.39, 0.29) is 23.0 Å². The number of nitrogen functional groups attached to an aromatic ring is 1. The zero-order valence-corrected chi connectivity index (χ0v) is 17.8. The molecule has 0 bridgehead atoms. The Morgan fingerprint density at radius 2 is 2.14 bits per heavy atom.